The topological polar surface area (TPSA) is 283 Å². The van der Waals surface area contributed by atoms with Crippen molar-refractivity contribution in [2.75, 3.05) is 6.56 Å². The molecule has 0 radical (unpaired) electrons. The molecule has 0 bridgehead atoms. The van der Waals surface area contributed by atoms with Crippen LogP contribution in [0.2, 0.25) is 0 Å². The van der Waals surface area contributed by atoms with E-state index >= 15 is 0 Å². The lowest BCUT2D eigenvalue weighted by molar-refractivity contribution is -0.0472. The van der Waals surface area contributed by atoms with Gasteiger partial charge in [0.25, 0.3) is 0 Å². The molecule has 1 aliphatic rings. The first-order valence-corrected chi connectivity index (χ1v) is 11.9. The van der Waals surface area contributed by atoms with Crippen molar-refractivity contribution >= 4 is 23.5 Å². The number of nitrogens with one attached hydrogen (secondary N) is 1. The number of hydrogen-bond acceptors (Lipinski definition) is 12. The van der Waals surface area contributed by atoms with Crippen molar-refractivity contribution in [2.24, 2.45) is 5.73 Å². The third kappa shape index (κ3) is 6.25. The van der Waals surface area contributed by atoms with Gasteiger partial charge >= 0.3 is 34.8 Å². The normalized spacial score (nSPS) is 31.7. The number of terminal acetylenes is 1. The van der Waals surface area contributed by atoms with Crippen molar-refractivity contribution < 1.29 is 59.0 Å². The van der Waals surface area contributed by atoms with Crippen LogP contribution in [0.3, 0.4) is 0 Å². The van der Waals surface area contributed by atoms with E-state index in [-0.39, 0.29) is 0 Å². The Morgan fingerprint density at radius 2 is 1.94 bits per heavy atom. The van der Waals surface area contributed by atoms with Crippen LogP contribution in [0.25, 0.3) is 0 Å². The van der Waals surface area contributed by atoms with Crippen LogP contribution < -0.4 is 17.1 Å². The number of rotatable bonds is 8. The maximum absolute atomic E-state index is 12.0. The van der Waals surface area contributed by atoms with E-state index in [0.29, 0.717) is 10.9 Å². The number of aromatic amines is 1. The molecule has 8 N–H and O–H groups in total. The predicted octanol–water partition coefficient (Wildman–Crippen LogP) is -3.14. The van der Waals surface area contributed by atoms with E-state index in [1.165, 1.54) is 0 Å². The molecule has 1 fully saturated rings. The van der Waals surface area contributed by atoms with Crippen molar-refractivity contribution in [1.82, 2.24) is 14.5 Å². The minimum absolute atomic E-state index is 0.464. The number of phosphoric acid groups is 3. The van der Waals surface area contributed by atoms with E-state index in [9.17, 15) is 33.3 Å². The van der Waals surface area contributed by atoms with E-state index in [0.717, 1.165) is 0 Å². The number of ether oxygens (including phenoxy) is 1. The van der Waals surface area contributed by atoms with E-state index in [1.807, 2.05) is 5.92 Å². The maximum Gasteiger partial charge on any atom is 0.490 e. The fourth-order valence-electron chi connectivity index (χ4n) is 2.20. The minimum atomic E-state index is -6.03. The Morgan fingerprint density at radius 3 is 2.45 bits per heavy atom. The number of hydrogen-bond donors (Lipinski definition) is 7. The van der Waals surface area contributed by atoms with Gasteiger partial charge < -0.3 is 35.2 Å². The molecule has 1 saturated heterocycles. The summed E-state index contributed by atoms with van der Waals surface area (Å²) in [5.41, 5.74) is 1.12. The third-order valence-corrected chi connectivity index (χ3v) is 7.07. The lowest BCUT2D eigenvalue weighted by atomic mass is 9.92. The molecule has 1 aromatic rings. The quantitative estimate of drug-likeness (QED) is 0.134. The predicted molar refractivity (Wildman–Crippen MR) is 94.6 cm³/mol. The molecule has 0 aromatic carbocycles. The Hall–Kier alpha value is -1.54. The molecule has 1 aliphatic heterocycles. The molecule has 0 spiro atoms. The summed E-state index contributed by atoms with van der Waals surface area (Å²) in [6.07, 6.45) is -0.764. The number of aliphatic hydroxyl groups is 1. The number of nitrogens with zero attached hydrogens (tertiary/aromatic N) is 2. The van der Waals surface area contributed by atoms with Crippen LogP contribution in [0.5, 0.6) is 0 Å². The Morgan fingerprint density at radius 1 is 1.32 bits per heavy atom. The molecule has 1 aromatic heterocycles. The lowest BCUT2D eigenvalue weighted by Gasteiger charge is -2.27. The number of nitrogens with two attached hydrogens (primary N) is 1. The Kier molecular flexibility index (Phi) is 6.41. The molecule has 174 valence electrons. The number of phosphoric ester groups is 1. The summed E-state index contributed by atoms with van der Waals surface area (Å²) in [7, 11) is -17.7. The average molecular weight is 510 g/mol. The highest BCUT2D eigenvalue weighted by molar-refractivity contribution is 7.66. The average Bonchev–Trinajstić information content (AvgIpc) is 2.83. The first-order chi connectivity index (χ1) is 14.7. The van der Waals surface area contributed by atoms with Gasteiger partial charge in [0, 0.05) is 0 Å². The first-order valence-electron chi connectivity index (χ1n) is 8.35. The van der Waals surface area contributed by atoms with Crippen LogP contribution in [0.1, 0.15) is 8.97 Å². The summed E-state index contributed by atoms with van der Waals surface area (Å²) in [6.45, 7) is -3.64. The summed E-state index contributed by atoms with van der Waals surface area (Å²) in [4.78, 5) is 63.8. The zero-order chi connectivity index (χ0) is 25.6. The molecular weight excluding hydrogens is 493 g/mol. The number of aliphatic hydroxyl groups excluding tert-OH is 1. The molecule has 21 heteroatoms. The van der Waals surface area contributed by atoms with Gasteiger partial charge in [0.2, 0.25) is 0 Å². The summed E-state index contributed by atoms with van der Waals surface area (Å²) < 4.78 is 66.2. The van der Waals surface area contributed by atoms with Gasteiger partial charge in [-0.1, -0.05) is 5.92 Å². The van der Waals surface area contributed by atoms with Gasteiger partial charge in [0.05, 0.1) is 9.30 Å². The Labute approximate surface area is 173 Å². The van der Waals surface area contributed by atoms with Crippen molar-refractivity contribution in [2.45, 2.75) is 24.0 Å². The highest BCUT2D eigenvalue weighted by atomic mass is 31.3. The van der Waals surface area contributed by atoms with Gasteiger partial charge in [-0.15, -0.1) is 6.42 Å². The smallest absolute Gasteiger partial charge is 0.387 e. The lowest BCUT2D eigenvalue weighted by Crippen LogP contribution is -2.55. The molecule has 2 rings (SSSR count). The van der Waals surface area contributed by atoms with Gasteiger partial charge in [-0.05, 0) is 0 Å². The number of aromatic nitrogens is 3. The first kappa shape index (κ1) is 22.6. The van der Waals surface area contributed by atoms with Gasteiger partial charge in [0.1, 0.15) is 18.5 Å². The van der Waals surface area contributed by atoms with Crippen molar-refractivity contribution in [1.29, 1.82) is 0 Å². The molecule has 0 aliphatic carbocycles. The molecule has 0 saturated carbocycles. The van der Waals surface area contributed by atoms with Gasteiger partial charge in [-0.25, -0.2) is 23.3 Å². The van der Waals surface area contributed by atoms with Crippen molar-refractivity contribution in [3.63, 3.8) is 0 Å². The highest BCUT2D eigenvalue weighted by Gasteiger charge is 2.55. The van der Waals surface area contributed by atoms with E-state index < -0.39 is 65.4 Å². The molecule has 2 heterocycles. The Balaban J connectivity index is 2.36. The zero-order valence-electron chi connectivity index (χ0n) is 16.6. The van der Waals surface area contributed by atoms with Crippen LogP contribution in [-0.4, -0.2) is 63.5 Å². The monoisotopic (exact) mass is 510 g/mol. The van der Waals surface area contributed by atoms with Crippen LogP contribution in [-0.2, 0) is 31.6 Å². The summed E-state index contributed by atoms with van der Waals surface area (Å²) >= 11 is 0. The van der Waals surface area contributed by atoms with Crippen molar-refractivity contribution in [3.05, 3.63) is 27.3 Å². The third-order valence-electron chi connectivity index (χ3n) is 3.41. The van der Waals surface area contributed by atoms with E-state index in [2.05, 4.69) is 18.1 Å². The fraction of sp³-hybridized carbons (Fsp3) is 0.500. The summed E-state index contributed by atoms with van der Waals surface area (Å²) in [5, 5.41) is 10.4. The molecule has 3 unspecified atom stereocenters. The largest absolute Gasteiger partial charge is 0.490 e. The van der Waals surface area contributed by atoms with Crippen LogP contribution in [0.4, 0.5) is 0 Å². The van der Waals surface area contributed by atoms with Gasteiger partial charge in [0.15, 0.2) is 11.8 Å². The SMILES string of the molecule is [2H]C([2H])(OP(=O)(O)OP(=O)(O)OP(=O)(O)O)[C@H]1O[C@@H](n2cnc(=O)[nH]c2=O)C(N)(C#C)[C@H]1O. The summed E-state index contributed by atoms with van der Waals surface area (Å²) in [6, 6.07) is 0. The summed E-state index contributed by atoms with van der Waals surface area (Å²) in [5.74, 6) is 1.86. The van der Waals surface area contributed by atoms with E-state index in [1.54, 1.807) is 4.98 Å². The molecule has 0 amide bonds. The molecule has 6 atom stereocenters. The van der Waals surface area contributed by atoms with Crippen molar-refractivity contribution in [3.8, 4) is 12.3 Å². The molecule has 18 nitrogen and oxygen atoms in total. The second-order valence-electron chi connectivity index (χ2n) is 5.62. The molecular formula is C10H15N4O14P3. The second kappa shape index (κ2) is 8.77. The number of H-pyrrole nitrogens is 1. The minimum Gasteiger partial charge on any atom is -0.387 e. The maximum atomic E-state index is 12.0. The van der Waals surface area contributed by atoms with Gasteiger partial charge in [-0.3, -0.25) is 14.1 Å². The fourth-order valence-corrected chi connectivity index (χ4v) is 5.08. The van der Waals surface area contributed by atoms with Gasteiger partial charge in [-0.2, -0.15) is 13.6 Å². The Bertz CT molecular complexity index is 1220. The zero-order valence-corrected chi connectivity index (χ0v) is 17.3. The second-order valence-corrected chi connectivity index (χ2v) is 9.96. The highest BCUT2D eigenvalue weighted by Crippen LogP contribution is 2.66. The van der Waals surface area contributed by atoms with Crippen LogP contribution in [0, 0.1) is 12.3 Å². The standard InChI is InChI=1S/C10H15N4O14P3/c1-2-10(11)6(15)5(26-7(10)14-4-12-8(16)13-9(14)17)3-25-30(21,22)28-31(23,24)27-29(18,19)20/h1,4-7,15H,3,11H2,(H,21,22)(H,23,24)(H,13,16,17)(H2,18,19,20)/t5-,6+,7-,10?/m1/s1/i3D2. The molecule has 31 heavy (non-hydrogen) atoms. The van der Waals surface area contributed by atoms with Crippen LogP contribution >= 0.6 is 23.5 Å². The van der Waals surface area contributed by atoms with E-state index in [4.69, 9.17) is 34.3 Å². The van der Waals surface area contributed by atoms with Crippen LogP contribution in [0.15, 0.2) is 15.9 Å².